The van der Waals surface area contributed by atoms with Crippen molar-refractivity contribution in [1.82, 2.24) is 15.3 Å². The molecule has 0 saturated carbocycles. The van der Waals surface area contributed by atoms with E-state index in [4.69, 9.17) is 4.98 Å². The Labute approximate surface area is 167 Å². The summed E-state index contributed by atoms with van der Waals surface area (Å²) >= 11 is 0. The van der Waals surface area contributed by atoms with E-state index in [1.165, 1.54) is 51.4 Å². The molecule has 5 nitrogen and oxygen atoms in total. The normalized spacial score (nSPS) is 11.6. The topological polar surface area (TPSA) is 61.9 Å². The molecule has 3 N–H and O–H groups in total. The van der Waals surface area contributed by atoms with Crippen molar-refractivity contribution in [3.05, 3.63) is 11.8 Å². The summed E-state index contributed by atoms with van der Waals surface area (Å²) in [6, 6.07) is 2.09. The van der Waals surface area contributed by atoms with Crippen molar-refractivity contribution in [3.63, 3.8) is 0 Å². The Hall–Kier alpha value is -1.36. The van der Waals surface area contributed by atoms with Crippen LogP contribution in [-0.4, -0.2) is 36.1 Å². The van der Waals surface area contributed by atoms with Gasteiger partial charge in [-0.15, -0.1) is 0 Å². The van der Waals surface area contributed by atoms with Gasteiger partial charge < -0.3 is 16.0 Å². The predicted molar refractivity (Wildman–Crippen MR) is 119 cm³/mol. The number of anilines is 2. The quantitative estimate of drug-likeness (QED) is 0.360. The molecule has 0 bridgehead atoms. The molecule has 0 spiro atoms. The van der Waals surface area contributed by atoms with Gasteiger partial charge in [0.2, 0.25) is 5.95 Å². The average molecular weight is 378 g/mol. The lowest BCUT2D eigenvalue weighted by Crippen LogP contribution is -2.24. The van der Waals surface area contributed by atoms with Gasteiger partial charge in [-0.2, -0.15) is 4.98 Å². The summed E-state index contributed by atoms with van der Waals surface area (Å²) in [5.74, 6) is 1.66. The highest BCUT2D eigenvalue weighted by Crippen LogP contribution is 2.23. The summed E-state index contributed by atoms with van der Waals surface area (Å²) in [7, 11) is 0. The van der Waals surface area contributed by atoms with Crippen molar-refractivity contribution in [2.24, 2.45) is 0 Å². The first-order valence-corrected chi connectivity index (χ1v) is 11.1. The number of nitrogens with one attached hydrogen (secondary N) is 3. The second-order valence-corrected chi connectivity index (χ2v) is 8.44. The molecule has 1 aromatic heterocycles. The van der Waals surface area contributed by atoms with Crippen LogP contribution in [0.5, 0.6) is 0 Å². The summed E-state index contributed by atoms with van der Waals surface area (Å²) in [5.41, 5.74) is 1.08. The summed E-state index contributed by atoms with van der Waals surface area (Å²) in [5, 5.41) is 10.3. The van der Waals surface area contributed by atoms with Crippen LogP contribution in [-0.2, 0) is 5.41 Å². The molecule has 0 aliphatic heterocycles. The molecule has 0 aliphatic carbocycles. The van der Waals surface area contributed by atoms with E-state index in [9.17, 15) is 0 Å². The number of hydrogen-bond acceptors (Lipinski definition) is 5. The zero-order chi connectivity index (χ0) is 20.0. The van der Waals surface area contributed by atoms with Crippen LogP contribution >= 0.6 is 0 Å². The highest BCUT2D eigenvalue weighted by Gasteiger charge is 2.18. The molecule has 0 aliphatic rings. The largest absolute Gasteiger partial charge is 0.369 e. The van der Waals surface area contributed by atoms with Gasteiger partial charge in [-0.25, -0.2) is 4.98 Å². The third-order valence-corrected chi connectivity index (χ3v) is 4.62. The smallest absolute Gasteiger partial charge is 0.224 e. The summed E-state index contributed by atoms with van der Waals surface area (Å²) in [6.45, 7) is 14.9. The zero-order valence-electron chi connectivity index (χ0n) is 18.5. The van der Waals surface area contributed by atoms with Gasteiger partial charge in [0.25, 0.3) is 0 Å². The fourth-order valence-corrected chi connectivity index (χ4v) is 2.81. The Morgan fingerprint density at radius 1 is 0.741 bits per heavy atom. The minimum Gasteiger partial charge on any atom is -0.369 e. The molecule has 1 aromatic rings. The minimum absolute atomic E-state index is 0.00925. The minimum atomic E-state index is 0.00925. The van der Waals surface area contributed by atoms with Gasteiger partial charge in [0.05, 0.1) is 5.69 Å². The van der Waals surface area contributed by atoms with Crippen molar-refractivity contribution < 1.29 is 0 Å². The van der Waals surface area contributed by atoms with E-state index in [1.54, 1.807) is 0 Å². The van der Waals surface area contributed by atoms with Crippen molar-refractivity contribution in [1.29, 1.82) is 0 Å². The first kappa shape index (κ1) is 23.7. The highest BCUT2D eigenvalue weighted by atomic mass is 15.1. The molecule has 0 saturated heterocycles. The third-order valence-electron chi connectivity index (χ3n) is 4.62. The Morgan fingerprint density at radius 3 is 2.15 bits per heavy atom. The lowest BCUT2D eigenvalue weighted by molar-refractivity contribution is 0.567. The van der Waals surface area contributed by atoms with E-state index in [-0.39, 0.29) is 5.41 Å². The number of nitrogens with zero attached hydrogens (tertiary/aromatic N) is 2. The Kier molecular flexibility index (Phi) is 12.1. The monoisotopic (exact) mass is 377 g/mol. The van der Waals surface area contributed by atoms with Crippen LogP contribution in [0, 0.1) is 0 Å². The fraction of sp³-hybridized carbons (Fsp3) is 0.818. The SMILES string of the molecule is CCCCCCCCNc1nc(NCCNCCCC)cc(C(C)(C)C)n1. The second kappa shape index (κ2) is 13.8. The number of hydrogen-bond donors (Lipinski definition) is 3. The highest BCUT2D eigenvalue weighted by molar-refractivity contribution is 5.44. The molecule has 0 radical (unpaired) electrons. The average Bonchev–Trinajstić information content (AvgIpc) is 2.63. The van der Waals surface area contributed by atoms with Crippen LogP contribution in [0.15, 0.2) is 6.07 Å². The van der Waals surface area contributed by atoms with Crippen LogP contribution in [0.1, 0.15) is 91.7 Å². The molecular formula is C22H43N5. The molecule has 0 atom stereocenters. The molecule has 0 aromatic carbocycles. The van der Waals surface area contributed by atoms with Crippen LogP contribution in [0.4, 0.5) is 11.8 Å². The Bertz CT molecular complexity index is 496. The molecule has 1 heterocycles. The Morgan fingerprint density at radius 2 is 1.44 bits per heavy atom. The maximum atomic E-state index is 4.74. The molecule has 0 amide bonds. The van der Waals surface area contributed by atoms with Crippen LogP contribution in [0.3, 0.4) is 0 Å². The van der Waals surface area contributed by atoms with Gasteiger partial charge in [0, 0.05) is 31.1 Å². The van der Waals surface area contributed by atoms with Gasteiger partial charge in [-0.05, 0) is 19.4 Å². The molecule has 156 valence electrons. The second-order valence-electron chi connectivity index (χ2n) is 8.44. The lowest BCUT2D eigenvalue weighted by atomic mass is 9.92. The molecule has 5 heteroatoms. The Balaban J connectivity index is 2.50. The molecule has 1 rings (SSSR count). The van der Waals surface area contributed by atoms with Crippen molar-refractivity contribution in [3.8, 4) is 0 Å². The molecule has 0 unspecified atom stereocenters. The summed E-state index contributed by atoms with van der Waals surface area (Å²) < 4.78 is 0. The molecular weight excluding hydrogens is 334 g/mol. The van der Waals surface area contributed by atoms with E-state index in [1.807, 2.05) is 0 Å². The first-order chi connectivity index (χ1) is 13.0. The van der Waals surface area contributed by atoms with E-state index in [0.29, 0.717) is 0 Å². The maximum Gasteiger partial charge on any atom is 0.224 e. The van der Waals surface area contributed by atoms with Gasteiger partial charge in [0.15, 0.2) is 0 Å². The predicted octanol–water partition coefficient (Wildman–Crippen LogP) is 5.35. The number of unbranched alkanes of at least 4 members (excludes halogenated alkanes) is 6. The van der Waals surface area contributed by atoms with Crippen molar-refractivity contribution in [2.75, 3.05) is 36.8 Å². The van der Waals surface area contributed by atoms with Gasteiger partial charge in [0.1, 0.15) is 5.82 Å². The molecule has 0 fully saturated rings. The van der Waals surface area contributed by atoms with Gasteiger partial charge >= 0.3 is 0 Å². The van der Waals surface area contributed by atoms with E-state index < -0.39 is 0 Å². The first-order valence-electron chi connectivity index (χ1n) is 11.1. The van der Waals surface area contributed by atoms with Crippen LogP contribution < -0.4 is 16.0 Å². The van der Waals surface area contributed by atoms with Crippen molar-refractivity contribution >= 4 is 11.8 Å². The standard InChI is InChI=1S/C22H43N5/c1-6-8-10-11-12-13-15-25-21-26-19(22(3,4)5)18-20(27-21)24-17-16-23-14-9-7-2/h18,23H,6-17H2,1-5H3,(H2,24,25,26,27). The lowest BCUT2D eigenvalue weighted by Gasteiger charge is -2.20. The van der Waals surface area contributed by atoms with Gasteiger partial charge in [-0.1, -0.05) is 73.1 Å². The van der Waals surface area contributed by atoms with Crippen LogP contribution in [0.2, 0.25) is 0 Å². The van der Waals surface area contributed by atoms with E-state index >= 15 is 0 Å². The summed E-state index contributed by atoms with van der Waals surface area (Å²) in [4.78, 5) is 9.41. The summed E-state index contributed by atoms with van der Waals surface area (Å²) in [6.07, 6.45) is 10.3. The van der Waals surface area contributed by atoms with Crippen molar-refractivity contribution in [2.45, 2.75) is 91.4 Å². The number of aromatic nitrogens is 2. The fourth-order valence-electron chi connectivity index (χ4n) is 2.81. The maximum absolute atomic E-state index is 4.74. The zero-order valence-corrected chi connectivity index (χ0v) is 18.5. The van der Waals surface area contributed by atoms with E-state index in [2.05, 4.69) is 61.6 Å². The number of rotatable bonds is 15. The van der Waals surface area contributed by atoms with Crippen LogP contribution in [0.25, 0.3) is 0 Å². The van der Waals surface area contributed by atoms with Gasteiger partial charge in [-0.3, -0.25) is 0 Å². The third kappa shape index (κ3) is 11.2. The molecule has 27 heavy (non-hydrogen) atoms. The van der Waals surface area contributed by atoms with E-state index in [0.717, 1.165) is 43.6 Å².